The summed E-state index contributed by atoms with van der Waals surface area (Å²) in [4.78, 5) is 38.8. The van der Waals surface area contributed by atoms with Crippen LogP contribution in [0, 0.1) is 12.3 Å². The summed E-state index contributed by atoms with van der Waals surface area (Å²) in [5, 5.41) is 1.95. The van der Waals surface area contributed by atoms with E-state index < -0.39 is 0 Å². The first kappa shape index (κ1) is 23.9. The molecule has 1 aliphatic heterocycles. The summed E-state index contributed by atoms with van der Waals surface area (Å²) in [6, 6.07) is 5.81. The van der Waals surface area contributed by atoms with Crippen LogP contribution in [0.3, 0.4) is 0 Å². The fourth-order valence-corrected chi connectivity index (χ4v) is 6.65. The Labute approximate surface area is 210 Å². The molecule has 0 bridgehead atoms. The van der Waals surface area contributed by atoms with Gasteiger partial charge in [0.2, 0.25) is 0 Å². The second-order valence-corrected chi connectivity index (χ2v) is 12.2. The summed E-state index contributed by atoms with van der Waals surface area (Å²) < 4.78 is 5.60. The minimum atomic E-state index is -0.0574. The maximum atomic E-state index is 13.5. The third-order valence-electron chi connectivity index (χ3n) is 7.29. The van der Waals surface area contributed by atoms with Crippen LogP contribution in [0.4, 0.5) is 0 Å². The highest BCUT2D eigenvalue weighted by Gasteiger charge is 2.44. The van der Waals surface area contributed by atoms with Crippen molar-refractivity contribution in [1.82, 2.24) is 14.9 Å². The highest BCUT2D eigenvalue weighted by molar-refractivity contribution is 7.12. The van der Waals surface area contributed by atoms with Gasteiger partial charge in [-0.2, -0.15) is 0 Å². The molecule has 1 spiro atoms. The number of rotatable bonds is 3. The quantitative estimate of drug-likeness (QED) is 0.467. The van der Waals surface area contributed by atoms with Gasteiger partial charge in [-0.3, -0.25) is 14.6 Å². The molecule has 2 aromatic heterocycles. The average molecular weight is 492 g/mol. The Kier molecular flexibility index (Phi) is 5.94. The lowest BCUT2D eigenvalue weighted by Crippen LogP contribution is -2.46. The number of hydrogen-bond acceptors (Lipinski definition) is 6. The summed E-state index contributed by atoms with van der Waals surface area (Å²) in [7, 11) is 0. The maximum absolute atomic E-state index is 13.5. The van der Waals surface area contributed by atoms with Crippen molar-refractivity contribution in [2.24, 2.45) is 5.41 Å². The average Bonchev–Trinajstić information content (AvgIpc) is 3.24. The maximum Gasteiger partial charge on any atom is 0.253 e. The van der Waals surface area contributed by atoms with Crippen molar-refractivity contribution in [3.05, 3.63) is 51.1 Å². The number of pyridine rings is 1. The van der Waals surface area contributed by atoms with Gasteiger partial charge in [0.15, 0.2) is 5.78 Å². The van der Waals surface area contributed by atoms with Crippen molar-refractivity contribution in [1.29, 1.82) is 0 Å². The number of ether oxygens (including phenoxy) is 1. The van der Waals surface area contributed by atoms with E-state index in [0.29, 0.717) is 43.1 Å². The monoisotopic (exact) mass is 491 g/mol. The zero-order chi connectivity index (χ0) is 25.0. The first-order chi connectivity index (χ1) is 16.6. The molecular weight excluding hydrogens is 458 g/mol. The Balaban J connectivity index is 1.33. The third kappa shape index (κ3) is 4.46. The predicted octanol–water partition coefficient (Wildman–Crippen LogP) is 5.75. The fraction of sp³-hybridized carbons (Fsp3) is 0.500. The number of Topliss-reactive ketones (excluding diaryl/α,β-unsaturated/α-hetero) is 1. The first-order valence-corrected chi connectivity index (χ1v) is 13.3. The van der Waals surface area contributed by atoms with E-state index in [-0.39, 0.29) is 22.5 Å². The molecule has 0 atom stereocenters. The molecule has 1 fully saturated rings. The van der Waals surface area contributed by atoms with Gasteiger partial charge in [0.05, 0.1) is 23.3 Å². The Morgan fingerprint density at radius 2 is 1.91 bits per heavy atom. The molecule has 1 saturated heterocycles. The van der Waals surface area contributed by atoms with Crippen LogP contribution in [0.25, 0.3) is 10.9 Å². The van der Waals surface area contributed by atoms with E-state index in [1.54, 1.807) is 17.5 Å². The Morgan fingerprint density at radius 1 is 1.17 bits per heavy atom. The number of ketones is 1. The number of amides is 1. The van der Waals surface area contributed by atoms with E-state index >= 15 is 0 Å². The zero-order valence-electron chi connectivity index (χ0n) is 21.2. The molecule has 3 aromatic rings. The van der Waals surface area contributed by atoms with Crippen LogP contribution in [0.2, 0.25) is 0 Å². The number of aromatic nitrogens is 2. The largest absolute Gasteiger partial charge is 0.492 e. The van der Waals surface area contributed by atoms with E-state index in [9.17, 15) is 9.59 Å². The highest BCUT2D eigenvalue weighted by Crippen LogP contribution is 2.46. The van der Waals surface area contributed by atoms with Gasteiger partial charge in [0.1, 0.15) is 11.4 Å². The number of fused-ring (bicyclic) bond motifs is 2. The summed E-state index contributed by atoms with van der Waals surface area (Å²) in [6.07, 6.45) is 4.85. The molecule has 184 valence electrons. The SMILES string of the molecule is CCOc1cnc2c(C)cc(C(=O)N3CCC4(CC3)CC(=O)c3nc(C(C)(C)C)sc3C4)cc2c1. The van der Waals surface area contributed by atoms with Crippen LogP contribution >= 0.6 is 11.3 Å². The second kappa shape index (κ2) is 8.70. The Bertz CT molecular complexity index is 1310. The highest BCUT2D eigenvalue weighted by atomic mass is 32.1. The van der Waals surface area contributed by atoms with Crippen molar-refractivity contribution in [2.75, 3.05) is 19.7 Å². The Morgan fingerprint density at radius 3 is 2.60 bits per heavy atom. The van der Waals surface area contributed by atoms with Gasteiger partial charge < -0.3 is 9.64 Å². The smallest absolute Gasteiger partial charge is 0.253 e. The molecule has 0 N–H and O–H groups in total. The molecule has 5 rings (SSSR count). The first-order valence-electron chi connectivity index (χ1n) is 12.4. The number of carbonyl (C=O) groups is 2. The van der Waals surface area contributed by atoms with E-state index in [1.807, 2.05) is 36.9 Å². The van der Waals surface area contributed by atoms with Crippen LogP contribution in [0.15, 0.2) is 24.4 Å². The summed E-state index contributed by atoms with van der Waals surface area (Å²) in [5.74, 6) is 0.922. The lowest BCUT2D eigenvalue weighted by molar-refractivity contribution is 0.0522. The number of hydrogen-bond donors (Lipinski definition) is 0. The number of aryl methyl sites for hydroxylation is 1. The molecular formula is C28H33N3O3S. The van der Waals surface area contributed by atoms with E-state index in [4.69, 9.17) is 9.72 Å². The second-order valence-electron chi connectivity index (χ2n) is 11.1. The van der Waals surface area contributed by atoms with Crippen molar-refractivity contribution >= 4 is 33.9 Å². The third-order valence-corrected chi connectivity index (χ3v) is 8.77. The predicted molar refractivity (Wildman–Crippen MR) is 139 cm³/mol. The van der Waals surface area contributed by atoms with Gasteiger partial charge in [-0.25, -0.2) is 4.98 Å². The number of benzene rings is 1. The van der Waals surface area contributed by atoms with E-state index in [0.717, 1.165) is 45.6 Å². The molecule has 1 aliphatic carbocycles. The molecule has 0 saturated carbocycles. The molecule has 1 aromatic carbocycles. The minimum absolute atomic E-state index is 0.0438. The topological polar surface area (TPSA) is 72.4 Å². The van der Waals surface area contributed by atoms with Gasteiger partial charge in [0, 0.05) is 40.8 Å². The van der Waals surface area contributed by atoms with Crippen molar-refractivity contribution < 1.29 is 14.3 Å². The summed E-state index contributed by atoms with van der Waals surface area (Å²) in [5.41, 5.74) is 3.13. The number of carbonyl (C=O) groups excluding carboxylic acids is 2. The van der Waals surface area contributed by atoms with Crippen molar-refractivity contribution in [3.63, 3.8) is 0 Å². The van der Waals surface area contributed by atoms with Gasteiger partial charge in [-0.05, 0) is 62.3 Å². The van der Waals surface area contributed by atoms with Crippen LogP contribution in [-0.2, 0) is 11.8 Å². The normalized spacial score (nSPS) is 17.6. The fourth-order valence-electron chi connectivity index (χ4n) is 5.34. The van der Waals surface area contributed by atoms with Crippen molar-refractivity contribution in [3.8, 4) is 5.75 Å². The molecule has 2 aliphatic rings. The van der Waals surface area contributed by atoms with Gasteiger partial charge in [-0.1, -0.05) is 20.8 Å². The van der Waals surface area contributed by atoms with Gasteiger partial charge in [-0.15, -0.1) is 11.3 Å². The molecule has 0 unspecified atom stereocenters. The van der Waals surface area contributed by atoms with E-state index in [2.05, 4.69) is 25.8 Å². The molecule has 7 heteroatoms. The van der Waals surface area contributed by atoms with Crippen LogP contribution in [0.1, 0.15) is 83.3 Å². The molecule has 6 nitrogen and oxygen atoms in total. The van der Waals surface area contributed by atoms with Crippen LogP contribution in [0.5, 0.6) is 5.75 Å². The molecule has 0 radical (unpaired) electrons. The Hall–Kier alpha value is -2.80. The van der Waals surface area contributed by atoms with E-state index in [1.165, 1.54) is 0 Å². The number of piperidine rings is 1. The van der Waals surface area contributed by atoms with Crippen LogP contribution in [-0.4, -0.2) is 46.3 Å². The van der Waals surface area contributed by atoms with Gasteiger partial charge in [0.25, 0.3) is 5.91 Å². The summed E-state index contributed by atoms with van der Waals surface area (Å²) >= 11 is 1.70. The lowest BCUT2D eigenvalue weighted by Gasteiger charge is -2.43. The number of likely N-dealkylation sites (tertiary alicyclic amines) is 1. The van der Waals surface area contributed by atoms with Crippen molar-refractivity contribution in [2.45, 2.75) is 65.7 Å². The zero-order valence-corrected chi connectivity index (χ0v) is 22.1. The van der Waals surface area contributed by atoms with Crippen LogP contribution < -0.4 is 4.74 Å². The minimum Gasteiger partial charge on any atom is -0.492 e. The molecule has 35 heavy (non-hydrogen) atoms. The summed E-state index contributed by atoms with van der Waals surface area (Å²) in [6.45, 7) is 12.3. The number of nitrogens with zero attached hydrogens (tertiary/aromatic N) is 3. The molecule has 1 amide bonds. The molecule has 3 heterocycles. The number of thiazole rings is 1. The lowest BCUT2D eigenvalue weighted by atomic mass is 9.68. The standard InChI is InChI=1S/C28H33N3O3S/c1-6-34-20-13-18-12-19(11-17(2)23(18)29-16-20)25(33)31-9-7-28(8-10-31)14-21(32)24-22(15-28)35-26(30-24)27(3,4)5/h11-13,16H,6-10,14-15H2,1-5H3. The van der Waals surface area contributed by atoms with Gasteiger partial charge >= 0.3 is 0 Å².